The van der Waals surface area contributed by atoms with E-state index in [0.29, 0.717) is 5.57 Å². The molecule has 196 valence electrons. The fourth-order valence-corrected chi connectivity index (χ4v) is 4.84. The molecule has 36 heavy (non-hydrogen) atoms. The van der Waals surface area contributed by atoms with Gasteiger partial charge in [-0.15, -0.1) is 6.42 Å². The van der Waals surface area contributed by atoms with Crippen molar-refractivity contribution in [1.82, 2.24) is 29.7 Å². The maximum atomic E-state index is 15.8. The van der Waals surface area contributed by atoms with E-state index in [4.69, 9.17) is 26.2 Å². The quantitative estimate of drug-likeness (QED) is 0.111. The lowest BCUT2D eigenvalue weighted by molar-refractivity contribution is -0.141. The Morgan fingerprint density at radius 1 is 1.53 bits per heavy atom. The lowest BCUT2D eigenvalue weighted by Crippen LogP contribution is -2.42. The number of alkyl halides is 1. The summed E-state index contributed by atoms with van der Waals surface area (Å²) in [5.41, 5.74) is 2.43. The van der Waals surface area contributed by atoms with Crippen molar-refractivity contribution in [3.8, 4) is 12.3 Å². The zero-order valence-electron chi connectivity index (χ0n) is 19.6. The largest absolute Gasteiger partial charge is 0.465 e. The van der Waals surface area contributed by atoms with Crippen molar-refractivity contribution < 1.29 is 32.9 Å². The van der Waals surface area contributed by atoms with Gasteiger partial charge in [-0.1, -0.05) is 18.1 Å². The first-order valence-electron chi connectivity index (χ1n) is 10.7. The van der Waals surface area contributed by atoms with E-state index in [1.165, 1.54) is 0 Å². The second-order valence-corrected chi connectivity index (χ2v) is 9.93. The number of H-pyrrole nitrogens is 1. The van der Waals surface area contributed by atoms with Crippen LogP contribution in [0.1, 0.15) is 20.1 Å². The average molecular weight is 527 g/mol. The number of nitrogens with zero attached hydrogens (tertiary/aromatic N) is 3. The number of anilines is 1. The first-order valence-corrected chi connectivity index (χ1v) is 12.3. The van der Waals surface area contributed by atoms with E-state index in [0.717, 1.165) is 10.9 Å². The summed E-state index contributed by atoms with van der Waals surface area (Å²) in [5, 5.41) is 15.7. The second kappa shape index (κ2) is 10.9. The number of ether oxygens (including phenoxy) is 2. The van der Waals surface area contributed by atoms with Gasteiger partial charge in [0.1, 0.15) is 18.8 Å². The summed E-state index contributed by atoms with van der Waals surface area (Å²) in [6.07, 6.45) is 1.43. The number of halogens is 1. The second-order valence-electron chi connectivity index (χ2n) is 7.94. The van der Waals surface area contributed by atoms with Crippen molar-refractivity contribution in [3.05, 3.63) is 28.8 Å². The molecule has 3 rings (SSSR count). The molecule has 2 aromatic rings. The van der Waals surface area contributed by atoms with Gasteiger partial charge in [-0.05, 0) is 13.8 Å². The van der Waals surface area contributed by atoms with Crippen LogP contribution in [-0.4, -0.2) is 74.8 Å². The number of fused-ring (bicyclic) bond motifs is 1. The Kier molecular flexibility index (Phi) is 8.29. The molecule has 3 heterocycles. The number of aromatic amines is 1. The molecule has 16 heteroatoms. The molecule has 0 saturated carbocycles. The average Bonchev–Trinajstić information content (AvgIpc) is 3.35. The van der Waals surface area contributed by atoms with E-state index in [1.807, 2.05) is 5.92 Å². The van der Waals surface area contributed by atoms with Crippen molar-refractivity contribution >= 4 is 30.8 Å². The molecule has 14 nitrogen and oxygen atoms in total. The number of carbonyl (C=O) groups excluding carboxylic acids is 1. The Morgan fingerprint density at radius 2 is 2.22 bits per heavy atom. The summed E-state index contributed by atoms with van der Waals surface area (Å²) in [6, 6.07) is 0. The highest BCUT2D eigenvalue weighted by molar-refractivity contribution is 7.54. The number of nitrogens with one attached hydrogen (secondary N) is 3. The highest BCUT2D eigenvalue weighted by Gasteiger charge is 2.58. The lowest BCUT2D eigenvalue weighted by atomic mass is 9.97. The van der Waals surface area contributed by atoms with Gasteiger partial charge in [0.05, 0.1) is 19.5 Å². The third kappa shape index (κ3) is 5.65. The molecule has 3 unspecified atom stereocenters. The summed E-state index contributed by atoms with van der Waals surface area (Å²) in [4.78, 5) is 33.9. The Balaban J connectivity index is 1.83. The maximum Gasteiger partial charge on any atom is 0.341 e. The van der Waals surface area contributed by atoms with E-state index in [-0.39, 0.29) is 30.3 Å². The molecule has 0 spiro atoms. The minimum Gasteiger partial charge on any atom is -0.465 e. The van der Waals surface area contributed by atoms with Crippen LogP contribution in [0.4, 0.5) is 10.3 Å². The summed E-state index contributed by atoms with van der Waals surface area (Å²) in [6.45, 7) is 6.09. The summed E-state index contributed by atoms with van der Waals surface area (Å²) in [5.74, 6) is 0.944. The van der Waals surface area contributed by atoms with E-state index in [9.17, 15) is 19.3 Å². The number of hydrogen-bond acceptors (Lipinski definition) is 10. The molecule has 0 bridgehead atoms. The standard InChI is InChI=1S/C20H27FN7O7P/c1-5-20(21)15(30)12(9-34-36(32,24-7-11(3)4)25-8-13(29)33-6-2)35-18(20)28-10-23-14-16(28)26-19(22)27-17(14)31/h1,10,12,15,18,30H,3,6-9H2,2,4H3,(H2,24,25,32)(H3,22,26,27,31)/t12-,15?,18-,20?,36?/m1/s1. The zero-order chi connectivity index (χ0) is 26.7. The van der Waals surface area contributed by atoms with Crippen LogP contribution in [0, 0.1) is 12.3 Å². The fourth-order valence-electron chi connectivity index (χ4n) is 3.37. The molecule has 1 saturated heterocycles. The van der Waals surface area contributed by atoms with E-state index in [1.54, 1.807) is 13.8 Å². The van der Waals surface area contributed by atoms with Crippen LogP contribution < -0.4 is 21.5 Å². The third-order valence-electron chi connectivity index (χ3n) is 5.12. The van der Waals surface area contributed by atoms with Gasteiger partial charge in [-0.3, -0.25) is 23.7 Å². The smallest absolute Gasteiger partial charge is 0.341 e. The molecule has 1 fully saturated rings. The van der Waals surface area contributed by atoms with Gasteiger partial charge in [0.25, 0.3) is 5.56 Å². The minimum atomic E-state index is -3.93. The van der Waals surface area contributed by atoms with Crippen molar-refractivity contribution in [3.63, 3.8) is 0 Å². The highest BCUT2D eigenvalue weighted by Crippen LogP contribution is 2.44. The zero-order valence-corrected chi connectivity index (χ0v) is 20.5. The Bertz CT molecular complexity index is 1290. The van der Waals surface area contributed by atoms with Crippen LogP contribution in [0.2, 0.25) is 0 Å². The van der Waals surface area contributed by atoms with E-state index >= 15 is 4.39 Å². The number of nitrogens with two attached hydrogens (primary N) is 1. The number of carbonyl (C=O) groups is 1. The normalized spacial score (nSPS) is 25.4. The molecular weight excluding hydrogens is 500 g/mol. The number of nitrogen functional groups attached to an aromatic ring is 1. The molecule has 0 aromatic carbocycles. The SMILES string of the molecule is C#CC1(F)C(O)[C@@H](COP(=O)(NCC(=C)C)NCC(=O)OCC)O[C@H]1n1cnc2c(=O)[nH]c(N)nc21. The lowest BCUT2D eigenvalue weighted by Gasteiger charge is -2.24. The fraction of sp³-hybridized carbons (Fsp3) is 0.500. The van der Waals surface area contributed by atoms with Gasteiger partial charge in [0.2, 0.25) is 11.6 Å². The molecule has 0 radical (unpaired) electrons. The van der Waals surface area contributed by atoms with Gasteiger partial charge in [0.15, 0.2) is 17.4 Å². The number of terminal acetylenes is 1. The van der Waals surface area contributed by atoms with Crippen molar-refractivity contribution in [2.24, 2.45) is 0 Å². The van der Waals surface area contributed by atoms with Gasteiger partial charge in [-0.25, -0.2) is 19.5 Å². The molecule has 6 N–H and O–H groups in total. The predicted molar refractivity (Wildman–Crippen MR) is 126 cm³/mol. The van der Waals surface area contributed by atoms with Crippen molar-refractivity contribution in [2.75, 3.05) is 32.0 Å². The van der Waals surface area contributed by atoms with Gasteiger partial charge < -0.3 is 24.8 Å². The van der Waals surface area contributed by atoms with Crippen LogP contribution >= 0.6 is 7.67 Å². The highest BCUT2D eigenvalue weighted by atomic mass is 31.2. The molecule has 2 aromatic heterocycles. The van der Waals surface area contributed by atoms with Crippen LogP contribution in [-0.2, 0) is 23.4 Å². The minimum absolute atomic E-state index is 0.0594. The molecule has 1 aliphatic rings. The number of imidazole rings is 1. The van der Waals surface area contributed by atoms with Crippen LogP contribution in [0.3, 0.4) is 0 Å². The monoisotopic (exact) mass is 527 g/mol. The first-order chi connectivity index (χ1) is 16.9. The van der Waals surface area contributed by atoms with Crippen LogP contribution in [0.5, 0.6) is 0 Å². The number of hydrogen-bond donors (Lipinski definition) is 5. The molecule has 1 aliphatic heterocycles. The number of esters is 1. The topological polar surface area (TPSA) is 196 Å². The van der Waals surface area contributed by atoms with Crippen LogP contribution in [0.25, 0.3) is 11.2 Å². The van der Waals surface area contributed by atoms with Crippen molar-refractivity contribution in [2.45, 2.75) is 38.0 Å². The van der Waals surface area contributed by atoms with Crippen molar-refractivity contribution in [1.29, 1.82) is 0 Å². The van der Waals surface area contributed by atoms with E-state index < -0.39 is 56.5 Å². The van der Waals surface area contributed by atoms with Gasteiger partial charge >= 0.3 is 13.6 Å². The number of aliphatic hydroxyl groups excluding tert-OH is 1. The summed E-state index contributed by atoms with van der Waals surface area (Å²) >= 11 is 0. The number of aliphatic hydroxyl groups is 1. The first kappa shape index (κ1) is 27.5. The van der Waals surface area contributed by atoms with Gasteiger partial charge in [0, 0.05) is 6.54 Å². The molecular formula is C20H27FN7O7P. The predicted octanol–water partition coefficient (Wildman–Crippen LogP) is -0.255. The number of aromatic nitrogens is 4. The Morgan fingerprint density at radius 3 is 2.86 bits per heavy atom. The summed E-state index contributed by atoms with van der Waals surface area (Å²) in [7, 11) is -3.93. The molecule has 0 amide bonds. The van der Waals surface area contributed by atoms with Crippen LogP contribution in [0.15, 0.2) is 23.3 Å². The third-order valence-corrected chi connectivity index (χ3v) is 6.78. The molecule has 5 atom stereocenters. The van der Waals surface area contributed by atoms with E-state index in [2.05, 4.69) is 31.7 Å². The maximum absolute atomic E-state index is 15.8. The summed E-state index contributed by atoms with van der Waals surface area (Å²) < 4.78 is 46.0. The Hall–Kier alpha value is -3.12. The number of rotatable bonds is 11. The molecule has 0 aliphatic carbocycles. The van der Waals surface area contributed by atoms with Gasteiger partial charge in [-0.2, -0.15) is 4.98 Å². The Labute approximate surface area is 205 Å².